The van der Waals surface area contributed by atoms with Gasteiger partial charge in [-0.1, -0.05) is 23.7 Å². The molecule has 5 heteroatoms. The van der Waals surface area contributed by atoms with E-state index in [0.29, 0.717) is 10.8 Å². The molecule has 0 aromatic heterocycles. The van der Waals surface area contributed by atoms with E-state index in [2.05, 4.69) is 0 Å². The molecule has 78 valence electrons. The van der Waals surface area contributed by atoms with Crippen molar-refractivity contribution < 1.29 is 13.6 Å². The van der Waals surface area contributed by atoms with Gasteiger partial charge in [-0.05, 0) is 24.3 Å². The van der Waals surface area contributed by atoms with Crippen LogP contribution in [0.1, 0.15) is 5.56 Å². The van der Waals surface area contributed by atoms with Crippen molar-refractivity contribution in [1.82, 2.24) is 0 Å². The Morgan fingerprint density at radius 2 is 2.20 bits per heavy atom. The van der Waals surface area contributed by atoms with Crippen molar-refractivity contribution in [2.45, 2.75) is 0 Å². The number of halogens is 1. The minimum absolute atomic E-state index is 0.495. The summed E-state index contributed by atoms with van der Waals surface area (Å²) < 4.78 is 21.0. The van der Waals surface area contributed by atoms with E-state index >= 15 is 0 Å². The number of hydrogen-bond donors (Lipinski definition) is 0. The lowest BCUT2D eigenvalue weighted by atomic mass is 10.2. The second-order valence-electron chi connectivity index (χ2n) is 2.84. The van der Waals surface area contributed by atoms with Crippen molar-refractivity contribution in [3.63, 3.8) is 0 Å². The van der Waals surface area contributed by atoms with Gasteiger partial charge in [0.1, 0.15) is 5.76 Å². The zero-order valence-electron chi connectivity index (χ0n) is 7.64. The first kappa shape index (κ1) is 10.3. The summed E-state index contributed by atoms with van der Waals surface area (Å²) in [7, 11) is -2.49. The fourth-order valence-corrected chi connectivity index (χ4v) is 1.96. The fraction of sp³-hybridized carbons (Fsp3) is 0. The number of benzene rings is 1. The summed E-state index contributed by atoms with van der Waals surface area (Å²) in [6.45, 7) is 0. The average molecular weight is 243 g/mol. The van der Waals surface area contributed by atoms with Gasteiger partial charge in [0.15, 0.2) is 0 Å². The lowest BCUT2D eigenvalue weighted by Gasteiger charge is -2.07. The average Bonchev–Trinajstić information content (AvgIpc) is 2.43. The molecule has 0 saturated carbocycles. The van der Waals surface area contributed by atoms with Crippen LogP contribution < -0.4 is 0 Å². The molecule has 0 amide bonds. The smallest absolute Gasteiger partial charge is 0.418 e. The monoisotopic (exact) mass is 242 g/mol. The second-order valence-corrected chi connectivity index (χ2v) is 4.22. The van der Waals surface area contributed by atoms with Crippen LogP contribution in [-0.4, -0.2) is 0 Å². The third-order valence-electron chi connectivity index (χ3n) is 1.79. The summed E-state index contributed by atoms with van der Waals surface area (Å²) in [6.07, 6.45) is 4.66. The first-order valence-corrected chi connectivity index (χ1v) is 5.87. The molecule has 0 saturated heterocycles. The molecule has 0 fully saturated rings. The molecule has 2 rings (SSSR count). The Balaban J connectivity index is 2.34. The first-order chi connectivity index (χ1) is 7.25. The summed E-state index contributed by atoms with van der Waals surface area (Å²) in [5.74, 6) is 0.495. The molecule has 0 spiro atoms. The molecule has 15 heavy (non-hydrogen) atoms. The Bertz CT molecular complexity index is 454. The van der Waals surface area contributed by atoms with Crippen LogP contribution in [0.3, 0.4) is 0 Å². The zero-order valence-corrected chi connectivity index (χ0v) is 9.40. The predicted octanol–water partition coefficient (Wildman–Crippen LogP) is 3.63. The van der Waals surface area contributed by atoms with Gasteiger partial charge in [0.05, 0.1) is 6.26 Å². The SMILES string of the molecule is O=[PH]1OC=CC=C(c2cccc(Cl)c2)O1. The molecule has 1 unspecified atom stereocenters. The van der Waals surface area contributed by atoms with Crippen molar-refractivity contribution in [3.8, 4) is 0 Å². The third-order valence-corrected chi connectivity index (χ3v) is 2.74. The van der Waals surface area contributed by atoms with Crippen molar-refractivity contribution in [3.05, 3.63) is 53.3 Å². The van der Waals surface area contributed by atoms with E-state index in [9.17, 15) is 4.57 Å². The van der Waals surface area contributed by atoms with Crippen LogP contribution in [0.2, 0.25) is 5.02 Å². The summed E-state index contributed by atoms with van der Waals surface area (Å²) in [6, 6.07) is 7.12. The highest BCUT2D eigenvalue weighted by atomic mass is 35.5. The normalized spacial score (nSPS) is 19.8. The Morgan fingerprint density at radius 3 is 3.00 bits per heavy atom. The second kappa shape index (κ2) is 4.56. The van der Waals surface area contributed by atoms with Crippen LogP contribution in [0.15, 0.2) is 42.7 Å². The van der Waals surface area contributed by atoms with Crippen LogP contribution in [0.25, 0.3) is 5.76 Å². The molecule has 0 aliphatic carbocycles. The predicted molar refractivity (Wildman–Crippen MR) is 59.7 cm³/mol. The van der Waals surface area contributed by atoms with E-state index in [1.807, 2.05) is 6.07 Å². The Labute approximate surface area is 92.9 Å². The van der Waals surface area contributed by atoms with Gasteiger partial charge in [-0.3, -0.25) is 0 Å². The van der Waals surface area contributed by atoms with Crippen LogP contribution >= 0.6 is 19.9 Å². The summed E-state index contributed by atoms with van der Waals surface area (Å²) in [5, 5.41) is 0.603. The quantitative estimate of drug-likeness (QED) is 0.706. The lowest BCUT2D eigenvalue weighted by Crippen LogP contribution is -1.84. The molecule has 3 nitrogen and oxygen atoms in total. The summed E-state index contributed by atoms with van der Waals surface area (Å²) in [5.41, 5.74) is 0.774. The highest BCUT2D eigenvalue weighted by Crippen LogP contribution is 2.35. The Kier molecular flexibility index (Phi) is 3.14. The fourth-order valence-electron chi connectivity index (χ4n) is 1.17. The van der Waals surface area contributed by atoms with E-state index in [4.69, 9.17) is 20.6 Å². The molecular weight excluding hydrogens is 235 g/mol. The van der Waals surface area contributed by atoms with Crippen LogP contribution in [0, 0.1) is 0 Å². The van der Waals surface area contributed by atoms with Gasteiger partial charge in [-0.25, -0.2) is 4.57 Å². The Morgan fingerprint density at radius 1 is 1.33 bits per heavy atom. The van der Waals surface area contributed by atoms with Crippen LogP contribution in [0.5, 0.6) is 0 Å². The topological polar surface area (TPSA) is 35.5 Å². The van der Waals surface area contributed by atoms with E-state index < -0.39 is 8.25 Å². The minimum Gasteiger partial charge on any atom is -0.426 e. The maximum Gasteiger partial charge on any atom is 0.418 e. The van der Waals surface area contributed by atoms with Gasteiger partial charge < -0.3 is 9.05 Å². The van der Waals surface area contributed by atoms with Gasteiger partial charge in [0.25, 0.3) is 0 Å². The number of hydrogen-bond acceptors (Lipinski definition) is 3. The van der Waals surface area contributed by atoms with Crippen molar-refractivity contribution in [1.29, 1.82) is 0 Å². The van der Waals surface area contributed by atoms with Gasteiger partial charge >= 0.3 is 8.25 Å². The highest BCUT2D eigenvalue weighted by Gasteiger charge is 2.09. The van der Waals surface area contributed by atoms with E-state index in [1.165, 1.54) is 6.26 Å². The molecule has 1 aliphatic rings. The molecule has 0 N–H and O–H groups in total. The molecule has 1 heterocycles. The van der Waals surface area contributed by atoms with E-state index in [1.54, 1.807) is 30.4 Å². The lowest BCUT2D eigenvalue weighted by molar-refractivity contribution is 0.372. The van der Waals surface area contributed by atoms with E-state index in [-0.39, 0.29) is 0 Å². The molecule has 0 bridgehead atoms. The molecule has 1 aromatic carbocycles. The molecule has 1 aromatic rings. The summed E-state index contributed by atoms with van der Waals surface area (Å²) in [4.78, 5) is 0. The number of rotatable bonds is 1. The van der Waals surface area contributed by atoms with Crippen LogP contribution in [0.4, 0.5) is 0 Å². The number of allylic oxidation sites excluding steroid dienone is 2. The van der Waals surface area contributed by atoms with Gasteiger partial charge in [0, 0.05) is 10.6 Å². The van der Waals surface area contributed by atoms with Crippen LogP contribution in [-0.2, 0) is 13.6 Å². The van der Waals surface area contributed by atoms with Gasteiger partial charge in [-0.15, -0.1) is 0 Å². The minimum atomic E-state index is -2.49. The maximum absolute atomic E-state index is 11.2. The maximum atomic E-state index is 11.2. The largest absolute Gasteiger partial charge is 0.426 e. The third kappa shape index (κ3) is 2.65. The van der Waals surface area contributed by atoms with Gasteiger partial charge in [0.2, 0.25) is 0 Å². The molecule has 1 atom stereocenters. The van der Waals surface area contributed by atoms with E-state index in [0.717, 1.165) is 5.56 Å². The van der Waals surface area contributed by atoms with Crippen molar-refractivity contribution in [2.75, 3.05) is 0 Å². The van der Waals surface area contributed by atoms with Crippen molar-refractivity contribution in [2.24, 2.45) is 0 Å². The van der Waals surface area contributed by atoms with Crippen molar-refractivity contribution >= 4 is 25.6 Å². The zero-order chi connectivity index (χ0) is 10.7. The standard InChI is InChI=1S/C10H8ClO3P/c11-9-4-1-3-8(7-9)10-5-2-6-13-15(12)14-10/h1-7,15H. The highest BCUT2D eigenvalue weighted by molar-refractivity contribution is 7.33. The summed E-state index contributed by atoms with van der Waals surface area (Å²) >= 11 is 5.84. The molecule has 1 aliphatic heterocycles. The van der Waals surface area contributed by atoms with Gasteiger partial charge in [-0.2, -0.15) is 0 Å². The molecule has 0 radical (unpaired) electrons. The Hall–Kier alpha value is -1.18. The first-order valence-electron chi connectivity index (χ1n) is 4.27. The molecular formula is C10H8ClO3P.